The molecule has 3 aromatic rings. The van der Waals surface area contributed by atoms with Crippen LogP contribution in [0.25, 0.3) is 10.8 Å². The van der Waals surface area contributed by atoms with Crippen LogP contribution in [-0.4, -0.2) is 42.6 Å². The average molecular weight is 378 g/mol. The Bertz CT molecular complexity index is 1090. The van der Waals surface area contributed by atoms with Crippen molar-refractivity contribution >= 4 is 16.7 Å². The molecule has 1 saturated heterocycles. The standard InChI is InChI=1S/C22H22N2O4/c1-14-9-20(25)19(12-23-14)22(26)24-7-8-28-21(13-24)17-4-3-16-11-18(27-2)6-5-15(16)10-17/h3-6,9-12,21H,7-8,13H2,1-2H3,(H,23,25)/t21-/m1/s1. The molecule has 28 heavy (non-hydrogen) atoms. The largest absolute Gasteiger partial charge is 0.497 e. The minimum atomic E-state index is -0.264. The monoisotopic (exact) mass is 378 g/mol. The molecular weight excluding hydrogens is 356 g/mol. The van der Waals surface area contributed by atoms with Gasteiger partial charge in [-0.15, -0.1) is 0 Å². The van der Waals surface area contributed by atoms with Crippen molar-refractivity contribution in [3.8, 4) is 5.75 Å². The van der Waals surface area contributed by atoms with Gasteiger partial charge >= 0.3 is 0 Å². The number of ether oxygens (including phenoxy) is 2. The maximum Gasteiger partial charge on any atom is 0.259 e. The molecule has 1 aliphatic heterocycles. The molecule has 1 N–H and O–H groups in total. The van der Waals surface area contributed by atoms with Crippen molar-refractivity contribution < 1.29 is 14.3 Å². The van der Waals surface area contributed by atoms with Crippen molar-refractivity contribution in [3.63, 3.8) is 0 Å². The number of fused-ring (bicyclic) bond motifs is 1. The van der Waals surface area contributed by atoms with E-state index < -0.39 is 0 Å². The van der Waals surface area contributed by atoms with E-state index in [4.69, 9.17) is 9.47 Å². The van der Waals surface area contributed by atoms with Crippen LogP contribution in [0.2, 0.25) is 0 Å². The molecular formula is C22H22N2O4. The number of nitrogens with one attached hydrogen (secondary N) is 1. The summed E-state index contributed by atoms with van der Waals surface area (Å²) in [6.45, 7) is 3.10. The SMILES string of the molecule is COc1ccc2cc([C@H]3CN(C(=O)c4c[nH]c(C)cc4=O)CCO3)ccc2c1. The van der Waals surface area contributed by atoms with Gasteiger partial charge in [-0.1, -0.05) is 18.2 Å². The first-order valence-electron chi connectivity index (χ1n) is 9.23. The Labute approximate surface area is 162 Å². The van der Waals surface area contributed by atoms with Gasteiger partial charge in [-0.3, -0.25) is 9.59 Å². The highest BCUT2D eigenvalue weighted by Crippen LogP contribution is 2.28. The first-order chi connectivity index (χ1) is 13.5. The first kappa shape index (κ1) is 18.3. The number of morpholine rings is 1. The summed E-state index contributed by atoms with van der Waals surface area (Å²) in [5.74, 6) is 0.550. The zero-order valence-electron chi connectivity index (χ0n) is 15.9. The van der Waals surface area contributed by atoms with Crippen LogP contribution in [0.15, 0.2) is 53.5 Å². The Kier molecular flexibility index (Phi) is 4.88. The second kappa shape index (κ2) is 7.48. The van der Waals surface area contributed by atoms with E-state index in [0.29, 0.717) is 19.7 Å². The number of aryl methyl sites for hydroxylation is 1. The fraction of sp³-hybridized carbons (Fsp3) is 0.273. The molecule has 1 aromatic heterocycles. The van der Waals surface area contributed by atoms with Gasteiger partial charge < -0.3 is 19.4 Å². The third-order valence-electron chi connectivity index (χ3n) is 5.08. The molecule has 1 aliphatic rings. The number of aromatic nitrogens is 1. The molecule has 0 saturated carbocycles. The van der Waals surface area contributed by atoms with Gasteiger partial charge in [-0.2, -0.15) is 0 Å². The van der Waals surface area contributed by atoms with E-state index >= 15 is 0 Å². The third kappa shape index (κ3) is 3.51. The van der Waals surface area contributed by atoms with Crippen molar-refractivity contribution in [2.24, 2.45) is 0 Å². The highest BCUT2D eigenvalue weighted by molar-refractivity contribution is 5.94. The summed E-state index contributed by atoms with van der Waals surface area (Å²) in [7, 11) is 1.65. The molecule has 0 radical (unpaired) electrons. The lowest BCUT2D eigenvalue weighted by Crippen LogP contribution is -2.43. The Hall–Kier alpha value is -3.12. The van der Waals surface area contributed by atoms with Crippen molar-refractivity contribution in [2.45, 2.75) is 13.0 Å². The molecule has 4 rings (SSSR count). The van der Waals surface area contributed by atoms with Crippen LogP contribution < -0.4 is 10.2 Å². The molecule has 0 unspecified atom stereocenters. The van der Waals surface area contributed by atoms with Crippen LogP contribution in [0.4, 0.5) is 0 Å². The number of benzene rings is 2. The van der Waals surface area contributed by atoms with Crippen LogP contribution >= 0.6 is 0 Å². The van der Waals surface area contributed by atoms with Crippen LogP contribution in [0.5, 0.6) is 5.75 Å². The summed E-state index contributed by atoms with van der Waals surface area (Å²) < 4.78 is 11.2. The lowest BCUT2D eigenvalue weighted by molar-refractivity contribution is -0.0228. The highest BCUT2D eigenvalue weighted by Gasteiger charge is 2.27. The Morgan fingerprint density at radius 1 is 1.18 bits per heavy atom. The molecule has 6 nitrogen and oxygen atoms in total. The fourth-order valence-electron chi connectivity index (χ4n) is 3.52. The molecule has 1 amide bonds. The van der Waals surface area contributed by atoms with Gasteiger partial charge in [-0.05, 0) is 41.5 Å². The van der Waals surface area contributed by atoms with Crippen LogP contribution in [-0.2, 0) is 4.74 Å². The molecule has 144 valence electrons. The normalized spacial score (nSPS) is 16.9. The summed E-state index contributed by atoms with van der Waals surface area (Å²) in [6.07, 6.45) is 1.27. The van der Waals surface area contributed by atoms with Crippen LogP contribution in [0.3, 0.4) is 0 Å². The van der Waals surface area contributed by atoms with Gasteiger partial charge in [0.1, 0.15) is 17.4 Å². The quantitative estimate of drug-likeness (QED) is 0.760. The summed E-state index contributed by atoms with van der Waals surface area (Å²) in [6, 6.07) is 13.5. The van der Waals surface area contributed by atoms with Gasteiger partial charge in [0.2, 0.25) is 0 Å². The van der Waals surface area contributed by atoms with E-state index in [1.807, 2.05) is 30.3 Å². The topological polar surface area (TPSA) is 71.6 Å². The number of pyridine rings is 1. The van der Waals surface area contributed by atoms with E-state index in [1.165, 1.54) is 12.3 Å². The zero-order valence-corrected chi connectivity index (χ0v) is 15.9. The predicted octanol–water partition coefficient (Wildman–Crippen LogP) is 3.06. The van der Waals surface area contributed by atoms with Gasteiger partial charge in [-0.25, -0.2) is 0 Å². The molecule has 2 heterocycles. The summed E-state index contributed by atoms with van der Waals surface area (Å²) in [5.41, 5.74) is 1.64. The number of carbonyl (C=O) groups excluding carboxylic acids is 1. The fourth-order valence-corrected chi connectivity index (χ4v) is 3.52. The maximum absolute atomic E-state index is 12.8. The van der Waals surface area contributed by atoms with Gasteiger partial charge in [0.15, 0.2) is 5.43 Å². The first-order valence-corrected chi connectivity index (χ1v) is 9.23. The Morgan fingerprint density at radius 2 is 1.96 bits per heavy atom. The Balaban J connectivity index is 1.57. The number of carbonyl (C=O) groups is 1. The second-order valence-electron chi connectivity index (χ2n) is 6.98. The predicted molar refractivity (Wildman–Crippen MR) is 107 cm³/mol. The molecule has 6 heteroatoms. The molecule has 0 spiro atoms. The number of hydrogen-bond acceptors (Lipinski definition) is 4. The zero-order chi connectivity index (χ0) is 19.7. The van der Waals surface area contributed by atoms with Gasteiger partial charge in [0, 0.05) is 24.5 Å². The molecule has 2 aromatic carbocycles. The number of rotatable bonds is 3. The lowest BCUT2D eigenvalue weighted by Gasteiger charge is -2.33. The number of methoxy groups -OCH3 is 1. The second-order valence-corrected chi connectivity index (χ2v) is 6.98. The number of nitrogens with zero attached hydrogens (tertiary/aromatic N) is 1. The average Bonchev–Trinajstić information content (AvgIpc) is 2.72. The lowest BCUT2D eigenvalue weighted by atomic mass is 10.0. The van der Waals surface area contributed by atoms with Crippen molar-refractivity contribution in [3.05, 3.63) is 75.7 Å². The minimum Gasteiger partial charge on any atom is -0.497 e. The van der Waals surface area contributed by atoms with Gasteiger partial charge in [0.05, 0.1) is 20.3 Å². The highest BCUT2D eigenvalue weighted by atomic mass is 16.5. The van der Waals surface area contributed by atoms with E-state index in [0.717, 1.165) is 27.8 Å². The summed E-state index contributed by atoms with van der Waals surface area (Å²) >= 11 is 0. The van der Waals surface area contributed by atoms with Crippen molar-refractivity contribution in [1.82, 2.24) is 9.88 Å². The van der Waals surface area contributed by atoms with E-state index in [2.05, 4.69) is 11.1 Å². The third-order valence-corrected chi connectivity index (χ3v) is 5.08. The van der Waals surface area contributed by atoms with Crippen LogP contribution in [0, 0.1) is 6.92 Å². The minimum absolute atomic E-state index is 0.164. The van der Waals surface area contributed by atoms with Crippen LogP contribution in [0.1, 0.15) is 27.7 Å². The van der Waals surface area contributed by atoms with Crippen molar-refractivity contribution in [1.29, 1.82) is 0 Å². The molecule has 0 aliphatic carbocycles. The summed E-state index contributed by atoms with van der Waals surface area (Å²) in [4.78, 5) is 29.6. The van der Waals surface area contributed by atoms with E-state index in [-0.39, 0.29) is 23.0 Å². The summed E-state index contributed by atoms with van der Waals surface area (Å²) in [5, 5.41) is 2.17. The molecule has 0 bridgehead atoms. The van der Waals surface area contributed by atoms with E-state index in [9.17, 15) is 9.59 Å². The smallest absolute Gasteiger partial charge is 0.259 e. The number of hydrogen-bond donors (Lipinski definition) is 1. The number of H-pyrrole nitrogens is 1. The molecule has 1 fully saturated rings. The number of amides is 1. The number of aromatic amines is 1. The Morgan fingerprint density at radius 3 is 2.75 bits per heavy atom. The maximum atomic E-state index is 12.8. The van der Waals surface area contributed by atoms with E-state index in [1.54, 1.807) is 18.9 Å². The van der Waals surface area contributed by atoms with Gasteiger partial charge in [0.25, 0.3) is 5.91 Å². The van der Waals surface area contributed by atoms with Crippen molar-refractivity contribution in [2.75, 3.05) is 26.8 Å². The molecule has 1 atom stereocenters.